The van der Waals surface area contributed by atoms with Crippen LogP contribution in [0.2, 0.25) is 0 Å². The average molecular weight is 377 g/mol. The smallest absolute Gasteiger partial charge is 0.263 e. The monoisotopic (exact) mass is 377 g/mol. The molecule has 4 aromatic rings. The molecule has 0 aliphatic carbocycles. The lowest BCUT2D eigenvalue weighted by Gasteiger charge is -2.08. The van der Waals surface area contributed by atoms with Gasteiger partial charge in [-0.2, -0.15) is 10.1 Å². The summed E-state index contributed by atoms with van der Waals surface area (Å²) in [5.41, 5.74) is 2.00. The van der Waals surface area contributed by atoms with Crippen LogP contribution in [-0.2, 0) is 6.42 Å². The number of aromatic nitrogens is 4. The van der Waals surface area contributed by atoms with E-state index >= 15 is 0 Å². The lowest BCUT2D eigenvalue weighted by Crippen LogP contribution is -2.15. The molecule has 3 N–H and O–H groups in total. The zero-order chi connectivity index (χ0) is 19.5. The largest absolute Gasteiger partial charge is 0.504 e. The van der Waals surface area contributed by atoms with Gasteiger partial charge in [-0.1, -0.05) is 24.3 Å². The van der Waals surface area contributed by atoms with E-state index in [1.165, 1.54) is 13.3 Å². The number of phenolic OH excluding ortho intramolecular Hbond substituents is 1. The highest BCUT2D eigenvalue weighted by Gasteiger charge is 2.11. The van der Waals surface area contributed by atoms with Crippen LogP contribution in [0.25, 0.3) is 16.7 Å². The number of para-hydroxylation sites is 1. The van der Waals surface area contributed by atoms with Crippen molar-refractivity contribution >= 4 is 17.0 Å². The number of fused-ring (bicyclic) bond motifs is 1. The lowest BCUT2D eigenvalue weighted by atomic mass is 10.1. The number of methoxy groups -OCH3 is 1. The Morgan fingerprint density at radius 2 is 2.04 bits per heavy atom. The zero-order valence-electron chi connectivity index (χ0n) is 15.2. The first-order valence-electron chi connectivity index (χ1n) is 8.79. The first kappa shape index (κ1) is 17.6. The van der Waals surface area contributed by atoms with E-state index in [1.54, 1.807) is 16.8 Å². The third kappa shape index (κ3) is 3.39. The minimum Gasteiger partial charge on any atom is -0.504 e. The van der Waals surface area contributed by atoms with Crippen LogP contribution in [0.15, 0.2) is 59.5 Å². The molecule has 0 bridgehead atoms. The maximum atomic E-state index is 12.4. The van der Waals surface area contributed by atoms with Crippen molar-refractivity contribution in [3.05, 3.63) is 70.6 Å². The highest BCUT2D eigenvalue weighted by atomic mass is 16.5. The minimum atomic E-state index is -0.253. The molecular formula is C20H19N5O3. The molecule has 0 radical (unpaired) electrons. The molecule has 28 heavy (non-hydrogen) atoms. The van der Waals surface area contributed by atoms with E-state index in [4.69, 9.17) is 4.74 Å². The Labute approximate surface area is 160 Å². The summed E-state index contributed by atoms with van der Waals surface area (Å²) >= 11 is 0. The Bertz CT molecular complexity index is 1170. The van der Waals surface area contributed by atoms with Gasteiger partial charge in [-0.15, -0.1) is 0 Å². The fourth-order valence-electron chi connectivity index (χ4n) is 2.98. The van der Waals surface area contributed by atoms with E-state index in [0.717, 1.165) is 11.3 Å². The number of aromatic amines is 1. The number of ether oxygens (including phenoxy) is 1. The molecule has 2 aromatic heterocycles. The van der Waals surface area contributed by atoms with Gasteiger partial charge in [0.15, 0.2) is 17.1 Å². The molecule has 142 valence electrons. The Balaban J connectivity index is 1.54. The number of H-pyrrole nitrogens is 1. The topological polar surface area (TPSA) is 105 Å². The molecule has 2 aromatic carbocycles. The van der Waals surface area contributed by atoms with Gasteiger partial charge in [0.25, 0.3) is 5.56 Å². The first-order valence-corrected chi connectivity index (χ1v) is 8.79. The van der Waals surface area contributed by atoms with Gasteiger partial charge in [0.05, 0.1) is 19.0 Å². The van der Waals surface area contributed by atoms with Gasteiger partial charge in [0.2, 0.25) is 5.95 Å². The number of anilines is 1. The van der Waals surface area contributed by atoms with Crippen molar-refractivity contribution in [3.63, 3.8) is 0 Å². The second-order valence-electron chi connectivity index (χ2n) is 6.23. The van der Waals surface area contributed by atoms with Crippen molar-refractivity contribution in [2.24, 2.45) is 0 Å². The summed E-state index contributed by atoms with van der Waals surface area (Å²) in [5.74, 6) is 0.898. The first-order chi connectivity index (χ1) is 13.7. The average Bonchev–Trinajstić information content (AvgIpc) is 3.13. The normalized spacial score (nSPS) is 10.9. The van der Waals surface area contributed by atoms with Gasteiger partial charge in [0.1, 0.15) is 5.39 Å². The molecule has 0 unspecified atom stereocenters. The van der Waals surface area contributed by atoms with Gasteiger partial charge in [-0.3, -0.25) is 9.78 Å². The van der Waals surface area contributed by atoms with Crippen molar-refractivity contribution in [1.29, 1.82) is 0 Å². The molecule has 4 rings (SSSR count). The standard InChI is InChI=1S/C20H19N5O3/c1-28-17-8-7-13(11-16(17)26)9-10-21-20-23-18-15(19(27)24-20)12-22-25(18)14-5-3-2-4-6-14/h2-8,11-12,26H,9-10H2,1H3,(H2,21,23,24,27). The minimum absolute atomic E-state index is 0.0970. The van der Waals surface area contributed by atoms with Crippen LogP contribution in [-0.4, -0.2) is 38.5 Å². The summed E-state index contributed by atoms with van der Waals surface area (Å²) in [6.45, 7) is 0.527. The Morgan fingerprint density at radius 3 is 2.79 bits per heavy atom. The maximum Gasteiger partial charge on any atom is 0.263 e. The van der Waals surface area contributed by atoms with E-state index in [9.17, 15) is 9.90 Å². The van der Waals surface area contributed by atoms with Crippen molar-refractivity contribution in [2.75, 3.05) is 19.0 Å². The van der Waals surface area contributed by atoms with E-state index in [-0.39, 0.29) is 11.3 Å². The summed E-state index contributed by atoms with van der Waals surface area (Å²) in [7, 11) is 1.51. The number of phenols is 1. The van der Waals surface area contributed by atoms with Crippen molar-refractivity contribution in [1.82, 2.24) is 19.7 Å². The van der Waals surface area contributed by atoms with E-state index < -0.39 is 0 Å². The van der Waals surface area contributed by atoms with Gasteiger partial charge >= 0.3 is 0 Å². The number of nitrogens with zero attached hydrogens (tertiary/aromatic N) is 3. The number of benzene rings is 2. The van der Waals surface area contributed by atoms with Gasteiger partial charge < -0.3 is 15.2 Å². The molecule has 0 amide bonds. The fraction of sp³-hybridized carbons (Fsp3) is 0.150. The Morgan fingerprint density at radius 1 is 1.21 bits per heavy atom. The molecule has 0 aliphatic rings. The lowest BCUT2D eigenvalue weighted by molar-refractivity contribution is 0.373. The van der Waals surface area contributed by atoms with E-state index in [2.05, 4.69) is 20.4 Å². The summed E-state index contributed by atoms with van der Waals surface area (Å²) in [5, 5.41) is 17.7. The molecule has 0 aliphatic heterocycles. The maximum absolute atomic E-state index is 12.4. The van der Waals surface area contributed by atoms with Crippen LogP contribution in [0.1, 0.15) is 5.56 Å². The van der Waals surface area contributed by atoms with Crippen LogP contribution in [0.5, 0.6) is 11.5 Å². The van der Waals surface area contributed by atoms with Gasteiger partial charge in [-0.05, 0) is 36.2 Å². The van der Waals surface area contributed by atoms with E-state index in [1.807, 2.05) is 36.4 Å². The molecule has 8 nitrogen and oxygen atoms in total. The van der Waals surface area contributed by atoms with Gasteiger partial charge in [0, 0.05) is 6.54 Å². The zero-order valence-corrected chi connectivity index (χ0v) is 15.2. The van der Waals surface area contributed by atoms with Crippen LogP contribution in [0.4, 0.5) is 5.95 Å². The summed E-state index contributed by atoms with van der Waals surface area (Å²) in [4.78, 5) is 19.6. The fourth-order valence-corrected chi connectivity index (χ4v) is 2.98. The Hall–Kier alpha value is -3.81. The highest BCUT2D eigenvalue weighted by Crippen LogP contribution is 2.26. The molecule has 0 fully saturated rings. The SMILES string of the molecule is COc1ccc(CCNc2nc3c(cnn3-c3ccccc3)c(=O)[nH]2)cc1O. The number of rotatable bonds is 6. The van der Waals surface area contributed by atoms with Crippen LogP contribution in [0, 0.1) is 0 Å². The van der Waals surface area contributed by atoms with Crippen molar-refractivity contribution < 1.29 is 9.84 Å². The second-order valence-corrected chi connectivity index (χ2v) is 6.23. The molecule has 0 spiro atoms. The van der Waals surface area contributed by atoms with Crippen molar-refractivity contribution in [2.45, 2.75) is 6.42 Å². The number of nitrogens with one attached hydrogen (secondary N) is 2. The summed E-state index contributed by atoms with van der Waals surface area (Å²) in [6, 6.07) is 14.8. The predicted molar refractivity (Wildman–Crippen MR) is 106 cm³/mol. The number of aromatic hydroxyl groups is 1. The highest BCUT2D eigenvalue weighted by molar-refractivity contribution is 5.76. The summed E-state index contributed by atoms with van der Waals surface area (Å²) in [6.07, 6.45) is 2.15. The van der Waals surface area contributed by atoms with Crippen LogP contribution < -0.4 is 15.6 Å². The third-order valence-corrected chi connectivity index (χ3v) is 4.39. The second kappa shape index (κ2) is 7.43. The predicted octanol–water partition coefficient (Wildman–Crippen LogP) is 2.48. The van der Waals surface area contributed by atoms with Crippen molar-refractivity contribution in [3.8, 4) is 17.2 Å². The third-order valence-electron chi connectivity index (χ3n) is 4.39. The summed E-state index contributed by atoms with van der Waals surface area (Å²) < 4.78 is 6.68. The molecule has 0 saturated heterocycles. The number of hydrogen-bond donors (Lipinski definition) is 3. The molecule has 0 saturated carbocycles. The van der Waals surface area contributed by atoms with Gasteiger partial charge in [-0.25, -0.2) is 4.68 Å². The number of hydrogen-bond acceptors (Lipinski definition) is 6. The van der Waals surface area contributed by atoms with E-state index in [0.29, 0.717) is 35.7 Å². The van der Waals surface area contributed by atoms with Crippen LogP contribution >= 0.6 is 0 Å². The Kier molecular flexibility index (Phi) is 4.67. The quantitative estimate of drug-likeness (QED) is 0.477. The van der Waals surface area contributed by atoms with Crippen LogP contribution in [0.3, 0.4) is 0 Å². The molecular weight excluding hydrogens is 358 g/mol. The molecule has 8 heteroatoms. The molecule has 0 atom stereocenters. The molecule has 2 heterocycles.